The minimum Gasteiger partial charge on any atom is -0.457 e. The molecule has 6 nitrogen and oxygen atoms in total. The summed E-state index contributed by atoms with van der Waals surface area (Å²) < 4.78 is 5.79. The van der Waals surface area contributed by atoms with Crippen LogP contribution in [0.4, 0.5) is 10.5 Å². The number of carbonyl (C=O) groups excluding carboxylic acids is 2. The molecular weight excluding hydrogens is 330 g/mol. The lowest BCUT2D eigenvalue weighted by Gasteiger charge is -2.22. The number of ether oxygens (including phenoxy) is 1. The summed E-state index contributed by atoms with van der Waals surface area (Å²) in [5.74, 6) is 1.09. The first kappa shape index (κ1) is 19.3. The fourth-order valence-corrected chi connectivity index (χ4v) is 2.50. The van der Waals surface area contributed by atoms with Gasteiger partial charge in [-0.15, -0.1) is 0 Å². The molecule has 2 aromatic carbocycles. The quantitative estimate of drug-likeness (QED) is 0.705. The number of nitrogens with one attached hydrogen (secondary N) is 2. The Morgan fingerprint density at radius 3 is 2.38 bits per heavy atom. The van der Waals surface area contributed by atoms with E-state index in [0.717, 1.165) is 17.7 Å². The van der Waals surface area contributed by atoms with Crippen LogP contribution in [0.5, 0.6) is 11.5 Å². The molecule has 0 radical (unpaired) electrons. The topological polar surface area (TPSA) is 93.5 Å². The molecule has 3 amide bonds. The molecule has 0 aliphatic heterocycles. The molecule has 2 aromatic rings. The number of nitrogens with two attached hydrogens (primary N) is 1. The third-order valence-corrected chi connectivity index (χ3v) is 4.14. The first-order valence-corrected chi connectivity index (χ1v) is 8.60. The van der Waals surface area contributed by atoms with E-state index >= 15 is 0 Å². The molecule has 26 heavy (non-hydrogen) atoms. The number of anilines is 1. The molecule has 0 fully saturated rings. The summed E-state index contributed by atoms with van der Waals surface area (Å²) in [5.41, 5.74) is 6.91. The fraction of sp³-hybridized carbons (Fsp3) is 0.300. The zero-order chi connectivity index (χ0) is 19.1. The number of carbonyl (C=O) groups is 2. The molecule has 0 aromatic heterocycles. The van der Waals surface area contributed by atoms with E-state index in [0.29, 0.717) is 11.4 Å². The van der Waals surface area contributed by atoms with Crippen LogP contribution in [-0.2, 0) is 4.79 Å². The highest BCUT2D eigenvalue weighted by Crippen LogP contribution is 2.24. The Morgan fingerprint density at radius 1 is 1.12 bits per heavy atom. The second-order valence-corrected chi connectivity index (χ2v) is 6.30. The normalized spacial score (nSPS) is 12.7. The van der Waals surface area contributed by atoms with Gasteiger partial charge in [-0.2, -0.15) is 0 Å². The molecule has 6 heteroatoms. The van der Waals surface area contributed by atoms with Crippen LogP contribution in [0, 0.1) is 12.8 Å². The number of hydrogen-bond donors (Lipinski definition) is 3. The number of rotatable bonds is 7. The van der Waals surface area contributed by atoms with E-state index in [-0.39, 0.29) is 11.8 Å². The lowest BCUT2D eigenvalue weighted by atomic mass is 9.98. The van der Waals surface area contributed by atoms with Crippen LogP contribution < -0.4 is 21.1 Å². The summed E-state index contributed by atoms with van der Waals surface area (Å²) >= 11 is 0. The van der Waals surface area contributed by atoms with E-state index in [1.165, 1.54) is 0 Å². The molecule has 0 aliphatic carbocycles. The summed E-state index contributed by atoms with van der Waals surface area (Å²) in [6.07, 6.45) is 0.738. The molecule has 0 heterocycles. The molecule has 2 atom stereocenters. The molecule has 0 spiro atoms. The van der Waals surface area contributed by atoms with E-state index < -0.39 is 12.1 Å². The maximum atomic E-state index is 12.4. The van der Waals surface area contributed by atoms with Crippen molar-refractivity contribution < 1.29 is 14.3 Å². The minimum absolute atomic E-state index is 0.0357. The van der Waals surface area contributed by atoms with E-state index in [4.69, 9.17) is 10.5 Å². The monoisotopic (exact) mass is 355 g/mol. The SMILES string of the molecule is CCC(C)C(NC(N)=O)C(=O)Nc1ccc(Oc2cccc(C)c2)cc1. The van der Waals surface area contributed by atoms with E-state index in [9.17, 15) is 9.59 Å². The van der Waals surface area contributed by atoms with Crippen molar-refractivity contribution in [1.29, 1.82) is 0 Å². The zero-order valence-corrected chi connectivity index (χ0v) is 15.3. The number of primary amides is 1. The lowest BCUT2D eigenvalue weighted by molar-refractivity contribution is -0.119. The van der Waals surface area contributed by atoms with Crippen molar-refractivity contribution in [1.82, 2.24) is 5.32 Å². The number of hydrogen-bond acceptors (Lipinski definition) is 3. The Kier molecular flexibility index (Phi) is 6.60. The van der Waals surface area contributed by atoms with Gasteiger partial charge >= 0.3 is 6.03 Å². The lowest BCUT2D eigenvalue weighted by Crippen LogP contribution is -2.49. The van der Waals surface area contributed by atoms with Gasteiger partial charge in [-0.3, -0.25) is 4.79 Å². The van der Waals surface area contributed by atoms with Crippen LogP contribution in [0.3, 0.4) is 0 Å². The number of urea groups is 1. The van der Waals surface area contributed by atoms with Gasteiger partial charge in [-0.25, -0.2) is 4.79 Å². The van der Waals surface area contributed by atoms with Crippen molar-refractivity contribution in [3.63, 3.8) is 0 Å². The van der Waals surface area contributed by atoms with Gasteiger partial charge in [0.05, 0.1) is 0 Å². The van der Waals surface area contributed by atoms with Crippen molar-refractivity contribution in [3.8, 4) is 11.5 Å². The predicted molar refractivity (Wildman–Crippen MR) is 102 cm³/mol. The van der Waals surface area contributed by atoms with Crippen molar-refractivity contribution in [2.24, 2.45) is 11.7 Å². The largest absolute Gasteiger partial charge is 0.457 e. The second kappa shape index (κ2) is 8.89. The zero-order valence-electron chi connectivity index (χ0n) is 15.3. The summed E-state index contributed by atoms with van der Waals surface area (Å²) in [6.45, 7) is 5.84. The Labute approximate surface area is 153 Å². The van der Waals surface area contributed by atoms with Gasteiger partial charge in [0.25, 0.3) is 0 Å². The molecular formula is C20H25N3O3. The molecule has 2 rings (SSSR count). The van der Waals surface area contributed by atoms with Gasteiger partial charge in [0.1, 0.15) is 17.5 Å². The van der Waals surface area contributed by atoms with Crippen LogP contribution in [0.2, 0.25) is 0 Å². The molecule has 4 N–H and O–H groups in total. The van der Waals surface area contributed by atoms with E-state index in [1.54, 1.807) is 24.3 Å². The summed E-state index contributed by atoms with van der Waals surface area (Å²) in [6, 6.07) is 13.4. The van der Waals surface area contributed by atoms with Crippen LogP contribution in [0.15, 0.2) is 48.5 Å². The smallest absolute Gasteiger partial charge is 0.312 e. The predicted octanol–water partition coefficient (Wildman–Crippen LogP) is 3.81. The van der Waals surface area contributed by atoms with Crippen LogP contribution in [0.25, 0.3) is 0 Å². The van der Waals surface area contributed by atoms with Gasteiger partial charge < -0.3 is 21.1 Å². The average molecular weight is 355 g/mol. The van der Waals surface area contributed by atoms with Gasteiger partial charge in [-0.1, -0.05) is 32.4 Å². The van der Waals surface area contributed by atoms with Crippen LogP contribution >= 0.6 is 0 Å². The third kappa shape index (κ3) is 5.51. The highest BCUT2D eigenvalue weighted by Gasteiger charge is 2.25. The van der Waals surface area contributed by atoms with Gasteiger partial charge in [0.15, 0.2) is 0 Å². The Balaban J connectivity index is 2.03. The summed E-state index contributed by atoms with van der Waals surface area (Å²) in [4.78, 5) is 23.6. The first-order valence-electron chi connectivity index (χ1n) is 8.60. The average Bonchev–Trinajstić information content (AvgIpc) is 2.60. The van der Waals surface area contributed by atoms with E-state index in [1.807, 2.05) is 45.0 Å². The molecule has 0 aliphatic rings. The molecule has 0 bridgehead atoms. The minimum atomic E-state index is -0.715. The number of amides is 3. The highest BCUT2D eigenvalue weighted by molar-refractivity contribution is 5.97. The Bertz CT molecular complexity index is 759. The van der Waals surface area contributed by atoms with Crippen LogP contribution in [-0.4, -0.2) is 18.0 Å². The Hall–Kier alpha value is -3.02. The van der Waals surface area contributed by atoms with Crippen molar-refractivity contribution >= 4 is 17.6 Å². The highest BCUT2D eigenvalue weighted by atomic mass is 16.5. The molecule has 2 unspecified atom stereocenters. The maximum absolute atomic E-state index is 12.4. The standard InChI is InChI=1S/C20H25N3O3/c1-4-14(3)18(23-20(21)25)19(24)22-15-8-10-16(11-9-15)26-17-7-5-6-13(2)12-17/h5-12,14,18H,4H2,1-3H3,(H,22,24)(H3,21,23,25). The number of aryl methyl sites for hydroxylation is 1. The molecule has 0 saturated carbocycles. The summed E-state index contributed by atoms with van der Waals surface area (Å²) in [7, 11) is 0. The van der Waals surface area contributed by atoms with E-state index in [2.05, 4.69) is 10.6 Å². The maximum Gasteiger partial charge on any atom is 0.312 e. The van der Waals surface area contributed by atoms with Gasteiger partial charge in [-0.05, 0) is 54.8 Å². The van der Waals surface area contributed by atoms with Gasteiger partial charge in [0.2, 0.25) is 5.91 Å². The van der Waals surface area contributed by atoms with Crippen LogP contribution in [0.1, 0.15) is 25.8 Å². The molecule has 138 valence electrons. The molecule has 0 saturated heterocycles. The second-order valence-electron chi connectivity index (χ2n) is 6.30. The Morgan fingerprint density at radius 2 is 1.81 bits per heavy atom. The van der Waals surface area contributed by atoms with Gasteiger partial charge in [0, 0.05) is 5.69 Å². The van der Waals surface area contributed by atoms with Crippen molar-refractivity contribution in [2.75, 3.05) is 5.32 Å². The van der Waals surface area contributed by atoms with Crippen molar-refractivity contribution in [2.45, 2.75) is 33.2 Å². The first-order chi connectivity index (χ1) is 12.4. The number of benzene rings is 2. The van der Waals surface area contributed by atoms with Crippen molar-refractivity contribution in [3.05, 3.63) is 54.1 Å². The summed E-state index contributed by atoms with van der Waals surface area (Å²) in [5, 5.41) is 5.30. The fourth-order valence-electron chi connectivity index (χ4n) is 2.50. The third-order valence-electron chi connectivity index (χ3n) is 4.14.